The van der Waals surface area contributed by atoms with Gasteiger partial charge < -0.3 is 5.32 Å². The van der Waals surface area contributed by atoms with Gasteiger partial charge in [-0.3, -0.25) is 4.90 Å². The number of piperidine rings is 1. The van der Waals surface area contributed by atoms with Crippen LogP contribution in [-0.2, 0) is 6.42 Å². The summed E-state index contributed by atoms with van der Waals surface area (Å²) in [6, 6.07) is 2.78. The van der Waals surface area contributed by atoms with Gasteiger partial charge in [0.15, 0.2) is 0 Å². The van der Waals surface area contributed by atoms with E-state index in [0.29, 0.717) is 6.04 Å². The van der Waals surface area contributed by atoms with E-state index in [4.69, 9.17) is 0 Å². The Morgan fingerprint density at radius 2 is 2.10 bits per heavy atom. The first kappa shape index (κ1) is 16.5. The fraction of sp³-hybridized carbons (Fsp3) is 0.750. The van der Waals surface area contributed by atoms with E-state index >= 15 is 0 Å². The molecule has 0 bridgehead atoms. The third-order valence-corrected chi connectivity index (χ3v) is 6.64. The number of rotatable bonds is 6. The van der Waals surface area contributed by atoms with Crippen molar-refractivity contribution in [3.8, 4) is 0 Å². The quantitative estimate of drug-likeness (QED) is 0.815. The van der Waals surface area contributed by atoms with Gasteiger partial charge in [0.2, 0.25) is 0 Å². The van der Waals surface area contributed by atoms with E-state index in [1.54, 1.807) is 0 Å². The third kappa shape index (κ3) is 3.65. The summed E-state index contributed by atoms with van der Waals surface area (Å²) >= 11 is 5.43. The van der Waals surface area contributed by atoms with E-state index < -0.39 is 0 Å². The summed E-state index contributed by atoms with van der Waals surface area (Å²) in [5, 5.41) is 5.79. The Morgan fingerprint density at radius 1 is 1.40 bits per heavy atom. The summed E-state index contributed by atoms with van der Waals surface area (Å²) in [6.07, 6.45) is 6.43. The molecular weight excluding hydrogens is 332 g/mol. The molecule has 20 heavy (non-hydrogen) atoms. The van der Waals surface area contributed by atoms with Crippen molar-refractivity contribution in [2.24, 2.45) is 0 Å². The molecule has 1 fully saturated rings. The van der Waals surface area contributed by atoms with Crippen molar-refractivity contribution in [2.45, 2.75) is 57.5 Å². The molecule has 2 atom stereocenters. The van der Waals surface area contributed by atoms with Crippen molar-refractivity contribution in [1.29, 1.82) is 0 Å². The van der Waals surface area contributed by atoms with Crippen LogP contribution in [0.5, 0.6) is 0 Å². The van der Waals surface area contributed by atoms with Gasteiger partial charge in [-0.2, -0.15) is 0 Å². The highest BCUT2D eigenvalue weighted by molar-refractivity contribution is 9.10. The standard InChI is InChI=1S/C16H27BrN2S/c1-4-16(2,19-8-6-5-7-9-19)15(18-3)11-14-10-13(17)12-20-14/h10,12,15,18H,4-9,11H2,1-3H3. The highest BCUT2D eigenvalue weighted by Crippen LogP contribution is 2.31. The lowest BCUT2D eigenvalue weighted by Gasteiger charge is -2.48. The Kier molecular flexibility index (Phi) is 6.09. The van der Waals surface area contributed by atoms with E-state index in [0.717, 1.165) is 6.42 Å². The maximum Gasteiger partial charge on any atom is 0.0335 e. The molecule has 0 saturated carbocycles. The minimum Gasteiger partial charge on any atom is -0.315 e. The van der Waals surface area contributed by atoms with E-state index in [1.165, 1.54) is 48.1 Å². The van der Waals surface area contributed by atoms with Crippen molar-refractivity contribution >= 4 is 27.3 Å². The molecule has 114 valence electrons. The van der Waals surface area contributed by atoms with Gasteiger partial charge in [-0.05, 0) is 74.7 Å². The Morgan fingerprint density at radius 3 is 2.60 bits per heavy atom. The molecule has 1 N–H and O–H groups in total. The second-order valence-electron chi connectivity index (χ2n) is 6.04. The normalized spacial score (nSPS) is 21.6. The monoisotopic (exact) mass is 358 g/mol. The molecule has 0 spiro atoms. The number of hydrogen-bond donors (Lipinski definition) is 1. The fourth-order valence-electron chi connectivity index (χ4n) is 3.39. The van der Waals surface area contributed by atoms with Crippen LogP contribution in [0.1, 0.15) is 44.4 Å². The largest absolute Gasteiger partial charge is 0.315 e. The van der Waals surface area contributed by atoms with Gasteiger partial charge in [0.1, 0.15) is 0 Å². The molecule has 1 aromatic rings. The minimum absolute atomic E-state index is 0.256. The highest BCUT2D eigenvalue weighted by Gasteiger charge is 2.38. The van der Waals surface area contributed by atoms with Crippen LogP contribution in [-0.4, -0.2) is 36.6 Å². The van der Waals surface area contributed by atoms with Gasteiger partial charge in [-0.25, -0.2) is 0 Å². The zero-order valence-corrected chi connectivity index (χ0v) is 15.3. The third-order valence-electron chi connectivity index (χ3n) is 4.92. The number of thiophene rings is 1. The summed E-state index contributed by atoms with van der Waals surface area (Å²) in [7, 11) is 2.12. The summed E-state index contributed by atoms with van der Waals surface area (Å²) in [5.41, 5.74) is 0.256. The Bertz CT molecular complexity index is 414. The van der Waals surface area contributed by atoms with E-state index in [1.807, 2.05) is 11.3 Å². The smallest absolute Gasteiger partial charge is 0.0335 e. The average molecular weight is 359 g/mol. The summed E-state index contributed by atoms with van der Waals surface area (Å²) in [5.74, 6) is 0. The maximum absolute atomic E-state index is 3.60. The number of hydrogen-bond acceptors (Lipinski definition) is 3. The topological polar surface area (TPSA) is 15.3 Å². The second-order valence-corrected chi connectivity index (χ2v) is 7.95. The zero-order valence-electron chi connectivity index (χ0n) is 12.9. The molecule has 0 aliphatic carbocycles. The van der Waals surface area contributed by atoms with Gasteiger partial charge in [0.25, 0.3) is 0 Å². The molecule has 0 amide bonds. The lowest BCUT2D eigenvalue weighted by molar-refractivity contribution is 0.0455. The molecular formula is C16H27BrN2S. The van der Waals surface area contributed by atoms with Crippen molar-refractivity contribution in [3.05, 3.63) is 20.8 Å². The van der Waals surface area contributed by atoms with Crippen LogP contribution >= 0.6 is 27.3 Å². The summed E-state index contributed by atoms with van der Waals surface area (Å²) < 4.78 is 1.21. The van der Waals surface area contributed by atoms with Crippen molar-refractivity contribution in [2.75, 3.05) is 20.1 Å². The van der Waals surface area contributed by atoms with Crippen LogP contribution in [0, 0.1) is 0 Å². The van der Waals surface area contributed by atoms with E-state index in [9.17, 15) is 0 Å². The number of likely N-dealkylation sites (N-methyl/N-ethyl adjacent to an activating group) is 1. The summed E-state index contributed by atoms with van der Waals surface area (Å²) in [4.78, 5) is 4.19. The average Bonchev–Trinajstić information content (AvgIpc) is 2.90. The van der Waals surface area contributed by atoms with Crippen LogP contribution < -0.4 is 5.32 Å². The number of halogens is 1. The van der Waals surface area contributed by atoms with Gasteiger partial charge in [-0.15, -0.1) is 11.3 Å². The van der Waals surface area contributed by atoms with Crippen LogP contribution in [0.2, 0.25) is 0 Å². The maximum atomic E-state index is 3.60. The van der Waals surface area contributed by atoms with Crippen molar-refractivity contribution in [1.82, 2.24) is 10.2 Å². The fourth-order valence-corrected chi connectivity index (χ4v) is 4.89. The number of likely N-dealkylation sites (tertiary alicyclic amines) is 1. The predicted octanol–water partition coefficient (Wildman–Crippen LogP) is 4.30. The molecule has 2 heterocycles. The molecule has 1 saturated heterocycles. The van der Waals surface area contributed by atoms with Gasteiger partial charge in [-0.1, -0.05) is 13.3 Å². The first-order valence-electron chi connectivity index (χ1n) is 7.75. The molecule has 2 unspecified atom stereocenters. The molecule has 0 radical (unpaired) electrons. The van der Waals surface area contributed by atoms with E-state index in [-0.39, 0.29) is 5.54 Å². The Hall–Kier alpha value is 0.1000. The first-order valence-corrected chi connectivity index (χ1v) is 9.42. The minimum atomic E-state index is 0.256. The van der Waals surface area contributed by atoms with E-state index in [2.05, 4.69) is 58.5 Å². The lowest BCUT2D eigenvalue weighted by Crippen LogP contribution is -2.60. The second kappa shape index (κ2) is 7.39. The SMILES string of the molecule is CCC(C)(C(Cc1cc(Br)cs1)NC)N1CCCCC1. The Balaban J connectivity index is 2.12. The Labute approximate surface area is 136 Å². The van der Waals surface area contributed by atoms with Gasteiger partial charge >= 0.3 is 0 Å². The lowest BCUT2D eigenvalue weighted by atomic mass is 9.83. The number of nitrogens with zero attached hydrogens (tertiary/aromatic N) is 1. The highest BCUT2D eigenvalue weighted by atomic mass is 79.9. The van der Waals surface area contributed by atoms with Gasteiger partial charge in [0.05, 0.1) is 0 Å². The van der Waals surface area contributed by atoms with Crippen LogP contribution in [0.15, 0.2) is 15.9 Å². The zero-order chi connectivity index (χ0) is 14.6. The molecule has 1 aliphatic heterocycles. The van der Waals surface area contributed by atoms with Crippen LogP contribution in [0.4, 0.5) is 0 Å². The molecule has 1 aromatic heterocycles. The summed E-state index contributed by atoms with van der Waals surface area (Å²) in [6.45, 7) is 7.30. The van der Waals surface area contributed by atoms with Crippen LogP contribution in [0.3, 0.4) is 0 Å². The molecule has 2 nitrogen and oxygen atoms in total. The first-order chi connectivity index (χ1) is 9.60. The molecule has 4 heteroatoms. The number of nitrogens with one attached hydrogen (secondary N) is 1. The van der Waals surface area contributed by atoms with Crippen molar-refractivity contribution in [3.63, 3.8) is 0 Å². The van der Waals surface area contributed by atoms with Gasteiger partial charge in [0, 0.05) is 26.3 Å². The van der Waals surface area contributed by atoms with Crippen LogP contribution in [0.25, 0.3) is 0 Å². The predicted molar refractivity (Wildman–Crippen MR) is 92.7 cm³/mol. The van der Waals surface area contributed by atoms with Crippen molar-refractivity contribution < 1.29 is 0 Å². The molecule has 2 rings (SSSR count). The molecule has 1 aliphatic rings. The molecule has 0 aromatic carbocycles.